The standard InChI is InChI=1S/C19H24O4/c1-11(2)15-6-5-12(3)7-16(15)19-13(9-18(22)23-4)8-14(20)10-17(19)21/h7-8,10,15-16,20-21H,1,5-6,9H2,2-4H3. The van der Waals surface area contributed by atoms with Crippen molar-refractivity contribution in [2.24, 2.45) is 5.92 Å². The van der Waals surface area contributed by atoms with E-state index in [0.717, 1.165) is 18.4 Å². The molecule has 1 aliphatic rings. The molecule has 2 N–H and O–H groups in total. The van der Waals surface area contributed by atoms with Gasteiger partial charge in [-0.3, -0.25) is 4.79 Å². The van der Waals surface area contributed by atoms with Gasteiger partial charge in [-0.05, 0) is 44.2 Å². The van der Waals surface area contributed by atoms with Gasteiger partial charge in [0.15, 0.2) is 0 Å². The lowest BCUT2D eigenvalue weighted by molar-refractivity contribution is -0.139. The summed E-state index contributed by atoms with van der Waals surface area (Å²) < 4.78 is 4.74. The minimum atomic E-state index is -0.403. The zero-order valence-electron chi connectivity index (χ0n) is 13.9. The van der Waals surface area contributed by atoms with Crippen molar-refractivity contribution < 1.29 is 19.7 Å². The van der Waals surface area contributed by atoms with E-state index in [0.29, 0.717) is 11.1 Å². The van der Waals surface area contributed by atoms with E-state index in [4.69, 9.17) is 4.74 Å². The van der Waals surface area contributed by atoms with Gasteiger partial charge in [0.25, 0.3) is 0 Å². The number of ether oxygens (including phenoxy) is 1. The molecular weight excluding hydrogens is 292 g/mol. The van der Waals surface area contributed by atoms with E-state index >= 15 is 0 Å². The number of hydrogen-bond acceptors (Lipinski definition) is 4. The molecule has 2 atom stereocenters. The highest BCUT2D eigenvalue weighted by molar-refractivity contribution is 5.74. The summed E-state index contributed by atoms with van der Waals surface area (Å²) in [4.78, 5) is 11.7. The minimum absolute atomic E-state index is 0.00565. The lowest BCUT2D eigenvalue weighted by atomic mass is 9.72. The molecule has 0 spiro atoms. The van der Waals surface area contributed by atoms with Gasteiger partial charge < -0.3 is 14.9 Å². The van der Waals surface area contributed by atoms with E-state index in [1.54, 1.807) is 0 Å². The molecule has 1 aliphatic carbocycles. The van der Waals surface area contributed by atoms with Crippen molar-refractivity contribution in [3.63, 3.8) is 0 Å². The number of esters is 1. The molecule has 23 heavy (non-hydrogen) atoms. The van der Waals surface area contributed by atoms with E-state index in [9.17, 15) is 15.0 Å². The molecule has 0 aliphatic heterocycles. The number of benzene rings is 1. The first kappa shape index (κ1) is 17.1. The van der Waals surface area contributed by atoms with Crippen LogP contribution in [0.3, 0.4) is 0 Å². The van der Waals surface area contributed by atoms with Crippen LogP contribution in [-0.4, -0.2) is 23.3 Å². The Kier molecular flexibility index (Phi) is 5.14. The van der Waals surface area contributed by atoms with Crippen molar-refractivity contribution in [3.8, 4) is 11.5 Å². The molecule has 4 nitrogen and oxygen atoms in total. The van der Waals surface area contributed by atoms with Crippen molar-refractivity contribution in [1.29, 1.82) is 0 Å². The average molecular weight is 316 g/mol. The third-order valence-electron chi connectivity index (χ3n) is 4.50. The van der Waals surface area contributed by atoms with Crippen LogP contribution in [0.1, 0.15) is 43.7 Å². The van der Waals surface area contributed by atoms with Crippen molar-refractivity contribution in [2.45, 2.75) is 39.0 Å². The molecule has 2 unspecified atom stereocenters. The summed E-state index contributed by atoms with van der Waals surface area (Å²) in [7, 11) is 1.33. The predicted molar refractivity (Wildman–Crippen MR) is 89.5 cm³/mol. The van der Waals surface area contributed by atoms with Gasteiger partial charge in [0, 0.05) is 17.5 Å². The number of phenols is 2. The Morgan fingerprint density at radius 3 is 2.70 bits per heavy atom. The Hall–Kier alpha value is -2.23. The van der Waals surface area contributed by atoms with Crippen LogP contribution in [0.5, 0.6) is 11.5 Å². The number of hydrogen-bond donors (Lipinski definition) is 2. The van der Waals surface area contributed by atoms with Gasteiger partial charge in [-0.25, -0.2) is 0 Å². The predicted octanol–water partition coefficient (Wildman–Crippen LogP) is 3.83. The molecule has 0 saturated carbocycles. The number of carbonyl (C=O) groups is 1. The zero-order valence-corrected chi connectivity index (χ0v) is 13.9. The summed E-state index contributed by atoms with van der Waals surface area (Å²) in [6.07, 6.45) is 4.11. The van der Waals surface area contributed by atoms with E-state index < -0.39 is 5.97 Å². The van der Waals surface area contributed by atoms with Gasteiger partial charge in [-0.2, -0.15) is 0 Å². The first-order valence-electron chi connectivity index (χ1n) is 7.77. The number of allylic oxidation sites excluding steroid dienone is 3. The van der Waals surface area contributed by atoms with E-state index in [1.807, 2.05) is 6.92 Å². The lowest BCUT2D eigenvalue weighted by Crippen LogP contribution is -2.19. The highest BCUT2D eigenvalue weighted by Crippen LogP contribution is 2.45. The van der Waals surface area contributed by atoms with Crippen LogP contribution in [-0.2, 0) is 16.0 Å². The van der Waals surface area contributed by atoms with Crippen LogP contribution in [0.15, 0.2) is 35.9 Å². The molecule has 1 aromatic rings. The highest BCUT2D eigenvalue weighted by atomic mass is 16.5. The number of phenolic OH excluding ortho intramolecular Hbond substituents is 2. The molecular formula is C19H24O4. The molecule has 4 heteroatoms. The largest absolute Gasteiger partial charge is 0.508 e. The molecule has 0 aromatic heterocycles. The van der Waals surface area contributed by atoms with Crippen molar-refractivity contribution in [2.75, 3.05) is 7.11 Å². The Balaban J connectivity index is 2.57. The second-order valence-electron chi connectivity index (χ2n) is 6.32. The van der Waals surface area contributed by atoms with Gasteiger partial charge in [0.1, 0.15) is 11.5 Å². The summed E-state index contributed by atoms with van der Waals surface area (Å²) in [5.74, 6) is -0.314. The first-order chi connectivity index (χ1) is 10.8. The summed E-state index contributed by atoms with van der Waals surface area (Å²) in [5, 5.41) is 20.2. The topological polar surface area (TPSA) is 66.8 Å². The molecule has 124 valence electrons. The van der Waals surface area contributed by atoms with Crippen LogP contribution in [0.25, 0.3) is 0 Å². The molecule has 1 aromatic carbocycles. The fourth-order valence-electron chi connectivity index (χ4n) is 3.35. The molecule has 0 heterocycles. The van der Waals surface area contributed by atoms with Crippen molar-refractivity contribution in [1.82, 2.24) is 0 Å². The monoisotopic (exact) mass is 316 g/mol. The van der Waals surface area contributed by atoms with Crippen LogP contribution >= 0.6 is 0 Å². The summed E-state index contributed by atoms with van der Waals surface area (Å²) >= 11 is 0. The second kappa shape index (κ2) is 6.90. The summed E-state index contributed by atoms with van der Waals surface area (Å²) in [6.45, 7) is 8.14. The van der Waals surface area contributed by atoms with Crippen LogP contribution < -0.4 is 0 Å². The third kappa shape index (κ3) is 3.76. The van der Waals surface area contributed by atoms with E-state index in [-0.39, 0.29) is 29.8 Å². The smallest absolute Gasteiger partial charge is 0.309 e. The second-order valence-corrected chi connectivity index (χ2v) is 6.32. The van der Waals surface area contributed by atoms with Gasteiger partial charge in [0.2, 0.25) is 0 Å². The fourth-order valence-corrected chi connectivity index (χ4v) is 3.35. The van der Waals surface area contributed by atoms with Crippen LogP contribution in [0.2, 0.25) is 0 Å². The van der Waals surface area contributed by atoms with Crippen molar-refractivity contribution in [3.05, 3.63) is 47.1 Å². The summed E-state index contributed by atoms with van der Waals surface area (Å²) in [5.41, 5.74) is 3.58. The fraction of sp³-hybridized carbons (Fsp3) is 0.421. The van der Waals surface area contributed by atoms with Crippen molar-refractivity contribution >= 4 is 5.97 Å². The molecule has 0 radical (unpaired) electrons. The molecule has 0 amide bonds. The minimum Gasteiger partial charge on any atom is -0.508 e. The maximum absolute atomic E-state index is 11.7. The Bertz CT molecular complexity index is 658. The molecule has 0 bridgehead atoms. The molecule has 0 saturated heterocycles. The number of methoxy groups -OCH3 is 1. The highest BCUT2D eigenvalue weighted by Gasteiger charge is 2.30. The Morgan fingerprint density at radius 1 is 1.39 bits per heavy atom. The number of aromatic hydroxyl groups is 2. The summed E-state index contributed by atoms with van der Waals surface area (Å²) in [6, 6.07) is 2.85. The Labute approximate surface area is 137 Å². The average Bonchev–Trinajstić information content (AvgIpc) is 2.46. The maximum atomic E-state index is 11.7. The van der Waals surface area contributed by atoms with Gasteiger partial charge in [-0.1, -0.05) is 23.8 Å². The normalized spacial score (nSPS) is 20.7. The lowest BCUT2D eigenvalue weighted by Gasteiger charge is -2.32. The van der Waals surface area contributed by atoms with E-state index in [1.165, 1.54) is 24.8 Å². The SMILES string of the molecule is C=C(C)C1CCC(C)=CC1c1c(O)cc(O)cc1CC(=O)OC. The maximum Gasteiger partial charge on any atom is 0.309 e. The number of rotatable bonds is 4. The quantitative estimate of drug-likeness (QED) is 0.654. The van der Waals surface area contributed by atoms with Gasteiger partial charge in [0.05, 0.1) is 13.5 Å². The number of carbonyl (C=O) groups excluding carboxylic acids is 1. The first-order valence-corrected chi connectivity index (χ1v) is 7.77. The van der Waals surface area contributed by atoms with Gasteiger partial charge >= 0.3 is 5.97 Å². The van der Waals surface area contributed by atoms with Crippen LogP contribution in [0, 0.1) is 5.92 Å². The molecule has 2 rings (SSSR count). The van der Waals surface area contributed by atoms with Crippen LogP contribution in [0.4, 0.5) is 0 Å². The molecule has 0 fully saturated rings. The Morgan fingerprint density at radius 2 is 2.09 bits per heavy atom. The zero-order chi connectivity index (χ0) is 17.1. The third-order valence-corrected chi connectivity index (χ3v) is 4.50. The van der Waals surface area contributed by atoms with E-state index in [2.05, 4.69) is 19.6 Å². The van der Waals surface area contributed by atoms with Gasteiger partial charge in [-0.15, -0.1) is 0 Å².